The molecule has 0 spiro atoms. The Bertz CT molecular complexity index is 645. The van der Waals surface area contributed by atoms with E-state index in [2.05, 4.69) is 34.9 Å². The van der Waals surface area contributed by atoms with E-state index >= 15 is 0 Å². The van der Waals surface area contributed by atoms with E-state index in [9.17, 15) is 4.79 Å². The maximum Gasteiger partial charge on any atom is 0.242 e. The zero-order chi connectivity index (χ0) is 16.8. The minimum Gasteiger partial charge on any atom is -0.374 e. The summed E-state index contributed by atoms with van der Waals surface area (Å²) < 4.78 is 0. The van der Waals surface area contributed by atoms with Crippen molar-refractivity contribution in [3.63, 3.8) is 0 Å². The van der Waals surface area contributed by atoms with Gasteiger partial charge in [0.1, 0.15) is 6.04 Å². The highest BCUT2D eigenvalue weighted by molar-refractivity contribution is 5.84. The SMILES string of the molecule is C[C@@H](Nc1ccc(-c2ccccc2)cc1)C(=O)NC1CCCCC1. The van der Waals surface area contributed by atoms with Crippen LogP contribution in [0.1, 0.15) is 39.0 Å². The quantitative estimate of drug-likeness (QED) is 0.844. The lowest BCUT2D eigenvalue weighted by Gasteiger charge is -2.25. The van der Waals surface area contributed by atoms with Gasteiger partial charge in [0.25, 0.3) is 0 Å². The summed E-state index contributed by atoms with van der Waals surface area (Å²) in [4.78, 5) is 12.3. The van der Waals surface area contributed by atoms with Crippen LogP contribution in [-0.4, -0.2) is 18.0 Å². The molecule has 3 heteroatoms. The Hall–Kier alpha value is -2.29. The van der Waals surface area contributed by atoms with Crippen molar-refractivity contribution in [2.45, 2.75) is 51.1 Å². The number of anilines is 1. The van der Waals surface area contributed by atoms with Gasteiger partial charge in [-0.15, -0.1) is 0 Å². The molecule has 2 N–H and O–H groups in total. The number of benzene rings is 2. The Labute approximate surface area is 144 Å². The lowest BCUT2D eigenvalue weighted by molar-refractivity contribution is -0.122. The molecule has 3 rings (SSSR count). The van der Waals surface area contributed by atoms with Crippen LogP contribution in [0.5, 0.6) is 0 Å². The summed E-state index contributed by atoms with van der Waals surface area (Å²) in [5.41, 5.74) is 3.36. The molecular formula is C21H26N2O. The van der Waals surface area contributed by atoms with Crippen LogP contribution in [0.25, 0.3) is 11.1 Å². The van der Waals surface area contributed by atoms with Crippen molar-refractivity contribution in [2.75, 3.05) is 5.32 Å². The van der Waals surface area contributed by atoms with Crippen molar-refractivity contribution in [1.82, 2.24) is 5.32 Å². The second kappa shape index (κ2) is 8.00. The van der Waals surface area contributed by atoms with Gasteiger partial charge in [0.2, 0.25) is 5.91 Å². The van der Waals surface area contributed by atoms with E-state index in [1.54, 1.807) is 0 Å². The van der Waals surface area contributed by atoms with Crippen molar-refractivity contribution < 1.29 is 4.79 Å². The highest BCUT2D eigenvalue weighted by Gasteiger charge is 2.19. The summed E-state index contributed by atoms with van der Waals surface area (Å²) in [5, 5.41) is 6.47. The Morgan fingerprint density at radius 2 is 1.54 bits per heavy atom. The minimum absolute atomic E-state index is 0.0917. The van der Waals surface area contributed by atoms with Crippen molar-refractivity contribution in [3.8, 4) is 11.1 Å². The third-order valence-corrected chi connectivity index (χ3v) is 4.72. The van der Waals surface area contributed by atoms with Gasteiger partial charge < -0.3 is 10.6 Å². The molecule has 1 aliphatic carbocycles. The molecule has 1 amide bonds. The fraction of sp³-hybridized carbons (Fsp3) is 0.381. The van der Waals surface area contributed by atoms with Crippen molar-refractivity contribution in [3.05, 3.63) is 54.6 Å². The number of amides is 1. The number of carbonyl (C=O) groups is 1. The molecule has 0 saturated heterocycles. The van der Waals surface area contributed by atoms with E-state index in [1.807, 2.05) is 37.3 Å². The van der Waals surface area contributed by atoms with E-state index in [1.165, 1.54) is 30.4 Å². The van der Waals surface area contributed by atoms with Gasteiger partial charge in [0.15, 0.2) is 0 Å². The van der Waals surface area contributed by atoms with E-state index in [0.29, 0.717) is 6.04 Å². The highest BCUT2D eigenvalue weighted by Crippen LogP contribution is 2.21. The molecule has 2 aromatic rings. The standard InChI is InChI=1S/C21H26N2O/c1-16(21(24)23-19-10-6-3-7-11-19)22-20-14-12-18(13-15-20)17-8-4-2-5-9-17/h2,4-5,8-9,12-16,19,22H,3,6-7,10-11H2,1H3,(H,23,24)/t16-/m1/s1. The molecule has 24 heavy (non-hydrogen) atoms. The van der Waals surface area contributed by atoms with Crippen LogP contribution >= 0.6 is 0 Å². The molecule has 1 fully saturated rings. The largest absolute Gasteiger partial charge is 0.374 e. The molecule has 0 heterocycles. The molecule has 126 valence electrons. The molecule has 0 bridgehead atoms. The molecule has 1 saturated carbocycles. The van der Waals surface area contributed by atoms with Crippen molar-refractivity contribution in [2.24, 2.45) is 0 Å². The van der Waals surface area contributed by atoms with E-state index in [0.717, 1.165) is 18.5 Å². The molecule has 1 atom stereocenters. The summed E-state index contributed by atoms with van der Waals surface area (Å²) >= 11 is 0. The van der Waals surface area contributed by atoms with Crippen LogP contribution in [0.15, 0.2) is 54.6 Å². The fourth-order valence-corrected chi connectivity index (χ4v) is 3.28. The third-order valence-electron chi connectivity index (χ3n) is 4.72. The summed E-state index contributed by atoms with van der Waals surface area (Å²) in [6, 6.07) is 18.7. The van der Waals surface area contributed by atoms with E-state index in [4.69, 9.17) is 0 Å². The topological polar surface area (TPSA) is 41.1 Å². The van der Waals surface area contributed by atoms with Gasteiger partial charge in [-0.3, -0.25) is 4.79 Å². The van der Waals surface area contributed by atoms with Gasteiger partial charge in [0, 0.05) is 11.7 Å². The molecular weight excluding hydrogens is 296 g/mol. The van der Waals surface area contributed by atoms with Gasteiger partial charge in [-0.25, -0.2) is 0 Å². The number of hydrogen-bond acceptors (Lipinski definition) is 2. The van der Waals surface area contributed by atoms with Gasteiger partial charge >= 0.3 is 0 Å². The predicted octanol–water partition coefficient (Wildman–Crippen LogP) is 4.60. The number of rotatable bonds is 5. The predicted molar refractivity (Wildman–Crippen MR) is 100.0 cm³/mol. The Kier molecular flexibility index (Phi) is 5.52. The first-order chi connectivity index (χ1) is 11.7. The Balaban J connectivity index is 1.56. The molecule has 0 unspecified atom stereocenters. The van der Waals surface area contributed by atoms with Gasteiger partial charge in [0.05, 0.1) is 0 Å². The molecule has 2 aromatic carbocycles. The second-order valence-electron chi connectivity index (χ2n) is 6.65. The maximum absolute atomic E-state index is 12.3. The number of hydrogen-bond donors (Lipinski definition) is 2. The highest BCUT2D eigenvalue weighted by atomic mass is 16.2. The Morgan fingerprint density at radius 3 is 2.21 bits per heavy atom. The number of carbonyl (C=O) groups excluding carboxylic acids is 1. The monoisotopic (exact) mass is 322 g/mol. The molecule has 0 aromatic heterocycles. The second-order valence-corrected chi connectivity index (χ2v) is 6.65. The normalized spacial score (nSPS) is 16.4. The summed E-state index contributed by atoms with van der Waals surface area (Å²) in [6.45, 7) is 1.92. The maximum atomic E-state index is 12.3. The van der Waals surface area contributed by atoms with Crippen LogP contribution < -0.4 is 10.6 Å². The first-order valence-corrected chi connectivity index (χ1v) is 8.95. The van der Waals surface area contributed by atoms with Crippen molar-refractivity contribution in [1.29, 1.82) is 0 Å². The van der Waals surface area contributed by atoms with Crippen molar-refractivity contribution >= 4 is 11.6 Å². The lowest BCUT2D eigenvalue weighted by atomic mass is 9.95. The van der Waals surface area contributed by atoms with E-state index < -0.39 is 0 Å². The van der Waals surface area contributed by atoms with Crippen LogP contribution in [0.2, 0.25) is 0 Å². The van der Waals surface area contributed by atoms with Crippen LogP contribution in [-0.2, 0) is 4.79 Å². The number of nitrogens with one attached hydrogen (secondary N) is 2. The van der Waals surface area contributed by atoms with Gasteiger partial charge in [-0.05, 0) is 43.0 Å². The first-order valence-electron chi connectivity index (χ1n) is 8.95. The Morgan fingerprint density at radius 1 is 0.917 bits per heavy atom. The van der Waals surface area contributed by atoms with Crippen LogP contribution in [0.4, 0.5) is 5.69 Å². The molecule has 1 aliphatic rings. The van der Waals surface area contributed by atoms with Crippen LogP contribution in [0, 0.1) is 0 Å². The smallest absolute Gasteiger partial charge is 0.242 e. The first kappa shape index (κ1) is 16.6. The molecule has 0 radical (unpaired) electrons. The zero-order valence-electron chi connectivity index (χ0n) is 14.3. The zero-order valence-corrected chi connectivity index (χ0v) is 14.3. The van der Waals surface area contributed by atoms with Crippen LogP contribution in [0.3, 0.4) is 0 Å². The fourth-order valence-electron chi connectivity index (χ4n) is 3.28. The third kappa shape index (κ3) is 4.38. The molecule has 0 aliphatic heterocycles. The van der Waals surface area contributed by atoms with Gasteiger partial charge in [-0.1, -0.05) is 61.7 Å². The van der Waals surface area contributed by atoms with E-state index in [-0.39, 0.29) is 11.9 Å². The average molecular weight is 322 g/mol. The summed E-state index contributed by atoms with van der Waals surface area (Å²) in [7, 11) is 0. The average Bonchev–Trinajstić information content (AvgIpc) is 2.64. The summed E-state index contributed by atoms with van der Waals surface area (Å²) in [6.07, 6.45) is 5.99. The summed E-state index contributed by atoms with van der Waals surface area (Å²) in [5.74, 6) is 0.0917. The minimum atomic E-state index is -0.227. The lowest BCUT2D eigenvalue weighted by Crippen LogP contribution is -2.43. The molecule has 3 nitrogen and oxygen atoms in total. The van der Waals surface area contributed by atoms with Gasteiger partial charge in [-0.2, -0.15) is 0 Å².